The molecule has 0 amide bonds. The summed E-state index contributed by atoms with van der Waals surface area (Å²) in [5.74, 6) is 1.26. The normalized spacial score (nSPS) is 10.1. The number of ether oxygens (including phenoxy) is 1. The van der Waals surface area contributed by atoms with E-state index in [-0.39, 0.29) is 0 Å². The van der Waals surface area contributed by atoms with Crippen LogP contribution in [0, 0.1) is 0 Å². The van der Waals surface area contributed by atoms with Crippen molar-refractivity contribution in [2.24, 2.45) is 0 Å². The molecular weight excluding hydrogens is 290 g/mol. The molecule has 0 atom stereocenters. The van der Waals surface area contributed by atoms with Gasteiger partial charge in [0, 0.05) is 4.88 Å². The molecule has 2 rings (SSSR count). The van der Waals surface area contributed by atoms with Crippen LogP contribution < -0.4 is 10.1 Å². The lowest BCUT2D eigenvalue weighted by molar-refractivity contribution is 0.411. The van der Waals surface area contributed by atoms with Gasteiger partial charge in [-0.2, -0.15) is 0 Å². The second-order valence-corrected chi connectivity index (χ2v) is 5.55. The molecule has 0 aliphatic rings. The summed E-state index contributed by atoms with van der Waals surface area (Å²) < 4.78 is 6.10. The van der Waals surface area contributed by atoms with E-state index < -0.39 is 0 Å². The first-order valence-electron chi connectivity index (χ1n) is 4.62. The zero-order valence-electron chi connectivity index (χ0n) is 8.61. The summed E-state index contributed by atoms with van der Waals surface area (Å²) in [4.78, 5) is 9.46. The molecule has 6 heteroatoms. The van der Waals surface area contributed by atoms with Gasteiger partial charge in [-0.15, -0.1) is 11.3 Å². The van der Waals surface area contributed by atoms with Gasteiger partial charge in [0.1, 0.15) is 0 Å². The number of hydrogen-bond donors (Lipinski definition) is 1. The van der Waals surface area contributed by atoms with Crippen LogP contribution in [0.3, 0.4) is 0 Å². The predicted octanol–water partition coefficient (Wildman–Crippen LogP) is 2.92. The van der Waals surface area contributed by atoms with Crippen molar-refractivity contribution in [1.82, 2.24) is 9.97 Å². The number of nitrogens with zero attached hydrogens (tertiary/aromatic N) is 2. The van der Waals surface area contributed by atoms with Crippen LogP contribution in [0.1, 0.15) is 4.88 Å². The molecule has 1 N–H and O–H groups in total. The van der Waals surface area contributed by atoms with Gasteiger partial charge in [-0.1, -0.05) is 0 Å². The molecule has 0 unspecified atom stereocenters. The number of hydrogen-bond acceptors (Lipinski definition) is 5. The summed E-state index contributed by atoms with van der Waals surface area (Å²) in [6.45, 7) is 0.725. The van der Waals surface area contributed by atoms with Crippen LogP contribution in [0.4, 0.5) is 5.95 Å². The lowest BCUT2D eigenvalue weighted by atomic mass is 10.5. The van der Waals surface area contributed by atoms with Crippen LogP contribution in [0.2, 0.25) is 0 Å². The van der Waals surface area contributed by atoms with Gasteiger partial charge in [-0.3, -0.25) is 0 Å². The van der Waals surface area contributed by atoms with Gasteiger partial charge < -0.3 is 10.1 Å². The first-order chi connectivity index (χ1) is 7.78. The maximum Gasteiger partial charge on any atom is 0.223 e. The molecule has 0 aliphatic carbocycles. The maximum absolute atomic E-state index is 4.98. The van der Waals surface area contributed by atoms with Gasteiger partial charge in [0.25, 0.3) is 0 Å². The summed E-state index contributed by atoms with van der Waals surface area (Å²) in [6, 6.07) is 4.09. The Morgan fingerprint density at radius 2 is 2.12 bits per heavy atom. The minimum atomic E-state index is 0.602. The van der Waals surface area contributed by atoms with E-state index in [1.54, 1.807) is 30.8 Å². The van der Waals surface area contributed by atoms with E-state index in [0.29, 0.717) is 11.7 Å². The Labute approximate surface area is 106 Å². The number of aromatic nitrogens is 2. The largest absolute Gasteiger partial charge is 0.494 e. The zero-order chi connectivity index (χ0) is 11.4. The summed E-state index contributed by atoms with van der Waals surface area (Å²) >= 11 is 5.11. The maximum atomic E-state index is 4.98. The number of thiophene rings is 1. The van der Waals surface area contributed by atoms with Crippen LogP contribution in [-0.4, -0.2) is 17.1 Å². The molecule has 0 fully saturated rings. The quantitative estimate of drug-likeness (QED) is 0.943. The van der Waals surface area contributed by atoms with E-state index in [1.165, 1.54) is 4.88 Å². The van der Waals surface area contributed by atoms with Crippen molar-refractivity contribution in [3.05, 3.63) is 33.2 Å². The van der Waals surface area contributed by atoms with Gasteiger partial charge in [-0.25, -0.2) is 9.97 Å². The molecule has 0 aromatic carbocycles. The average Bonchev–Trinajstić information content (AvgIpc) is 2.73. The highest BCUT2D eigenvalue weighted by atomic mass is 79.9. The number of rotatable bonds is 4. The van der Waals surface area contributed by atoms with Crippen LogP contribution >= 0.6 is 27.3 Å². The van der Waals surface area contributed by atoms with Gasteiger partial charge in [0.2, 0.25) is 5.95 Å². The molecule has 0 saturated carbocycles. The van der Waals surface area contributed by atoms with Crippen LogP contribution in [0.15, 0.2) is 28.3 Å². The molecular formula is C10H10BrN3OS. The fraction of sp³-hybridized carbons (Fsp3) is 0.200. The average molecular weight is 300 g/mol. The van der Waals surface area contributed by atoms with Crippen LogP contribution in [0.5, 0.6) is 5.75 Å². The van der Waals surface area contributed by atoms with Crippen molar-refractivity contribution in [2.45, 2.75) is 6.54 Å². The first kappa shape index (κ1) is 11.3. The Morgan fingerprint density at radius 3 is 2.69 bits per heavy atom. The van der Waals surface area contributed by atoms with E-state index in [9.17, 15) is 0 Å². The molecule has 0 bridgehead atoms. The Hall–Kier alpha value is -1.14. The van der Waals surface area contributed by atoms with Gasteiger partial charge in [0.15, 0.2) is 5.75 Å². The fourth-order valence-electron chi connectivity index (χ4n) is 1.13. The predicted molar refractivity (Wildman–Crippen MR) is 67.9 cm³/mol. The molecule has 0 spiro atoms. The standard InChI is InChI=1S/C10H10BrN3OS/c1-15-7-4-12-10(13-5-7)14-6-8-2-3-9(11)16-8/h2-5H,6H2,1H3,(H,12,13,14). The van der Waals surface area contributed by atoms with E-state index in [2.05, 4.69) is 37.3 Å². The van der Waals surface area contributed by atoms with Gasteiger partial charge >= 0.3 is 0 Å². The van der Waals surface area contributed by atoms with Crippen LogP contribution in [0.25, 0.3) is 0 Å². The summed E-state index contributed by atoms with van der Waals surface area (Å²) in [6.07, 6.45) is 3.28. The topological polar surface area (TPSA) is 47.0 Å². The molecule has 2 aromatic heterocycles. The molecule has 0 aliphatic heterocycles. The Bertz CT molecular complexity index is 457. The van der Waals surface area contributed by atoms with E-state index in [4.69, 9.17) is 4.74 Å². The smallest absolute Gasteiger partial charge is 0.223 e. The monoisotopic (exact) mass is 299 g/mol. The third-order valence-electron chi connectivity index (χ3n) is 1.91. The third-order valence-corrected chi connectivity index (χ3v) is 3.54. The van der Waals surface area contributed by atoms with Crippen molar-refractivity contribution >= 4 is 33.2 Å². The highest BCUT2D eigenvalue weighted by Gasteiger charge is 2.00. The van der Waals surface area contributed by atoms with E-state index in [1.807, 2.05) is 6.07 Å². The van der Waals surface area contributed by atoms with Crippen molar-refractivity contribution in [1.29, 1.82) is 0 Å². The fourth-order valence-corrected chi connectivity index (χ4v) is 2.55. The first-order valence-corrected chi connectivity index (χ1v) is 6.23. The number of anilines is 1. The lowest BCUT2D eigenvalue weighted by Crippen LogP contribution is -2.01. The van der Waals surface area contributed by atoms with E-state index >= 15 is 0 Å². The summed E-state index contributed by atoms with van der Waals surface area (Å²) in [5, 5.41) is 3.14. The molecule has 16 heavy (non-hydrogen) atoms. The minimum absolute atomic E-state index is 0.602. The van der Waals surface area contributed by atoms with Crippen LogP contribution in [-0.2, 0) is 6.54 Å². The number of halogens is 1. The SMILES string of the molecule is COc1cnc(NCc2ccc(Br)s2)nc1. The summed E-state index contributed by atoms with van der Waals surface area (Å²) in [7, 11) is 1.59. The molecule has 2 aromatic rings. The van der Waals surface area contributed by atoms with Crippen molar-refractivity contribution in [2.75, 3.05) is 12.4 Å². The van der Waals surface area contributed by atoms with Crippen molar-refractivity contribution in [3.63, 3.8) is 0 Å². The molecule has 0 radical (unpaired) electrons. The molecule has 2 heterocycles. The van der Waals surface area contributed by atoms with Gasteiger partial charge in [-0.05, 0) is 28.1 Å². The van der Waals surface area contributed by atoms with E-state index in [0.717, 1.165) is 10.3 Å². The minimum Gasteiger partial charge on any atom is -0.494 e. The Kier molecular flexibility index (Phi) is 3.74. The second-order valence-electron chi connectivity index (χ2n) is 3.01. The molecule has 84 valence electrons. The van der Waals surface area contributed by atoms with Crippen molar-refractivity contribution < 1.29 is 4.74 Å². The Morgan fingerprint density at radius 1 is 1.38 bits per heavy atom. The molecule has 4 nitrogen and oxygen atoms in total. The summed E-state index contributed by atoms with van der Waals surface area (Å²) in [5.41, 5.74) is 0. The lowest BCUT2D eigenvalue weighted by Gasteiger charge is -2.03. The highest BCUT2D eigenvalue weighted by Crippen LogP contribution is 2.22. The van der Waals surface area contributed by atoms with Crippen molar-refractivity contribution in [3.8, 4) is 5.75 Å². The Balaban J connectivity index is 1.94. The number of nitrogens with one attached hydrogen (secondary N) is 1. The number of methoxy groups -OCH3 is 1. The third kappa shape index (κ3) is 2.93. The highest BCUT2D eigenvalue weighted by molar-refractivity contribution is 9.11. The molecule has 0 saturated heterocycles. The second kappa shape index (κ2) is 5.27. The zero-order valence-corrected chi connectivity index (χ0v) is 11.0. The van der Waals surface area contributed by atoms with Gasteiger partial charge in [0.05, 0.1) is 29.8 Å².